The summed E-state index contributed by atoms with van der Waals surface area (Å²) in [6.07, 6.45) is 0. The largest absolute Gasteiger partial charge is 0.310 e. The number of benzene rings is 24. The third-order valence-electron chi connectivity index (χ3n) is 31.2. The zero-order chi connectivity index (χ0) is 97.4. The molecule has 144 heavy (non-hydrogen) atoms. The second-order valence-electron chi connectivity index (χ2n) is 42.5. The van der Waals surface area contributed by atoms with E-state index >= 15 is 0 Å². The smallest absolute Gasteiger partial charge is 0.0468 e. The molecule has 0 bridgehead atoms. The molecular formula is C142H110N2. The Kier molecular flexibility index (Phi) is 21.5. The molecule has 0 aromatic heterocycles. The van der Waals surface area contributed by atoms with Gasteiger partial charge in [-0.2, -0.15) is 0 Å². The van der Waals surface area contributed by atoms with Gasteiger partial charge in [0, 0.05) is 45.0 Å². The van der Waals surface area contributed by atoms with Crippen LogP contribution in [0.15, 0.2) is 485 Å². The van der Waals surface area contributed by atoms with Gasteiger partial charge in [0.25, 0.3) is 0 Å². The van der Waals surface area contributed by atoms with Crippen molar-refractivity contribution in [2.75, 3.05) is 9.80 Å². The molecule has 0 atom stereocenters. The van der Waals surface area contributed by atoms with Crippen LogP contribution in [0.1, 0.15) is 103 Å². The molecule has 24 aromatic carbocycles. The molecule has 0 spiro atoms. The molecule has 0 heterocycles. The predicted octanol–water partition coefficient (Wildman–Crippen LogP) is 40.1. The Labute approximate surface area is 844 Å². The highest BCUT2D eigenvalue weighted by molar-refractivity contribution is 6.35. The predicted molar refractivity (Wildman–Crippen MR) is 618 cm³/mol. The molecule has 2 aliphatic carbocycles. The fourth-order valence-corrected chi connectivity index (χ4v) is 23.9. The van der Waals surface area contributed by atoms with Crippen LogP contribution >= 0.6 is 0 Å². The summed E-state index contributed by atoms with van der Waals surface area (Å²) >= 11 is 0. The van der Waals surface area contributed by atoms with Gasteiger partial charge >= 0.3 is 0 Å². The molecule has 0 unspecified atom stereocenters. The molecule has 0 fully saturated rings. The van der Waals surface area contributed by atoms with Gasteiger partial charge in [-0.1, -0.05) is 470 Å². The van der Waals surface area contributed by atoms with E-state index in [0.29, 0.717) is 0 Å². The van der Waals surface area contributed by atoms with Crippen LogP contribution in [-0.2, 0) is 21.7 Å². The maximum atomic E-state index is 2.53. The Morgan fingerprint density at radius 1 is 0.160 bits per heavy atom. The van der Waals surface area contributed by atoms with Crippen molar-refractivity contribution >= 4 is 120 Å². The van der Waals surface area contributed by atoms with Crippen molar-refractivity contribution in [2.45, 2.75) is 90.9 Å². The molecule has 0 N–H and O–H groups in total. The van der Waals surface area contributed by atoms with E-state index in [4.69, 9.17) is 0 Å². The fraction of sp³-hybridized carbons (Fsp3) is 0.0986. The van der Waals surface area contributed by atoms with Gasteiger partial charge in [0.05, 0.1) is 0 Å². The molecule has 2 aliphatic rings. The third kappa shape index (κ3) is 15.1. The van der Waals surface area contributed by atoms with Crippen LogP contribution in [0.4, 0.5) is 34.1 Å². The molecule has 0 saturated carbocycles. The van der Waals surface area contributed by atoms with Gasteiger partial charge < -0.3 is 9.80 Å². The number of hydrogen-bond donors (Lipinski definition) is 0. The lowest BCUT2D eigenvalue weighted by molar-refractivity contribution is 0.590. The SMILES string of the molecule is CC(C)(C)c1ccc(N(c2ccc(C(C)(C)C)cc2)c2ccc3c(c2)c2ccccc2c2c(-c4ccccc4)cc(-c4ccc(-c5cccc6ccccc56)cc4)c(-c4ccccc4)c32)cc1.CC1(C)c2ccccc2-c2ccc(N(c3ccc4c(c3)C(C)(C)c3ccccc3-4)c3ccc4c(c3)c3ccccc3c3c(-c5ccccc5)cc(-c5ccc(-c6cccc7ccccc67)cc5)c(-c5ccccc5)c43)cc21. The van der Waals surface area contributed by atoms with Crippen molar-refractivity contribution in [1.82, 2.24) is 0 Å². The lowest BCUT2D eigenvalue weighted by atomic mass is 9.81. The number of rotatable bonds is 14. The molecule has 0 amide bonds. The van der Waals surface area contributed by atoms with E-state index in [-0.39, 0.29) is 21.7 Å². The van der Waals surface area contributed by atoms with Crippen molar-refractivity contribution in [2.24, 2.45) is 0 Å². The summed E-state index contributed by atoms with van der Waals surface area (Å²) in [5.41, 5.74) is 39.3. The Morgan fingerprint density at radius 2 is 0.424 bits per heavy atom. The van der Waals surface area contributed by atoms with Crippen LogP contribution in [-0.4, -0.2) is 0 Å². The maximum absolute atomic E-state index is 2.53. The van der Waals surface area contributed by atoms with Gasteiger partial charge in [-0.3, -0.25) is 0 Å². The number of nitrogens with zero attached hydrogens (tertiary/aromatic N) is 2. The van der Waals surface area contributed by atoms with Crippen LogP contribution in [0.3, 0.4) is 0 Å². The first kappa shape index (κ1) is 88.4. The van der Waals surface area contributed by atoms with E-state index in [1.165, 1.54) is 231 Å². The van der Waals surface area contributed by atoms with Gasteiger partial charge in [0.2, 0.25) is 0 Å². The number of fused-ring (bicyclic) bond motifs is 20. The minimum absolute atomic E-state index is 0.0490. The maximum Gasteiger partial charge on any atom is 0.0468 e. The van der Waals surface area contributed by atoms with Crippen molar-refractivity contribution in [3.63, 3.8) is 0 Å². The minimum atomic E-state index is -0.161. The van der Waals surface area contributed by atoms with Crippen LogP contribution in [0.25, 0.3) is 197 Å². The molecule has 2 nitrogen and oxygen atoms in total. The van der Waals surface area contributed by atoms with E-state index in [1.54, 1.807) is 0 Å². The van der Waals surface area contributed by atoms with Gasteiger partial charge in [-0.25, -0.2) is 0 Å². The van der Waals surface area contributed by atoms with Crippen molar-refractivity contribution in [3.05, 3.63) is 519 Å². The first-order valence-electron chi connectivity index (χ1n) is 50.8. The van der Waals surface area contributed by atoms with Crippen LogP contribution in [0.2, 0.25) is 0 Å². The first-order chi connectivity index (χ1) is 70.2. The normalized spacial score (nSPS) is 12.9. The Hall–Kier alpha value is -17.0. The van der Waals surface area contributed by atoms with Crippen molar-refractivity contribution in [3.8, 4) is 111 Å². The van der Waals surface area contributed by atoms with Gasteiger partial charge in [-0.05, 0) is 327 Å². The van der Waals surface area contributed by atoms with Gasteiger partial charge in [0.15, 0.2) is 0 Å². The Bertz CT molecular complexity index is 9020. The molecule has 24 aromatic rings. The molecule has 0 radical (unpaired) electrons. The number of anilines is 6. The monoisotopic (exact) mass is 1840 g/mol. The molecule has 2 heteroatoms. The molecule has 688 valence electrons. The summed E-state index contributed by atoms with van der Waals surface area (Å²) < 4.78 is 0. The summed E-state index contributed by atoms with van der Waals surface area (Å²) in [7, 11) is 0. The average Bonchev–Trinajstić information content (AvgIpc) is 1.49. The van der Waals surface area contributed by atoms with Crippen LogP contribution in [0.5, 0.6) is 0 Å². The Morgan fingerprint density at radius 3 is 0.799 bits per heavy atom. The lowest BCUT2D eigenvalue weighted by Gasteiger charge is -2.30. The standard InChI is InChI=1S/C76H55N.C66H55N/c1-75(2)68-32-17-15-28-59(68)61-41-38-54(45-70(61)75)77(55-39-42-62-60-29-16-18-33-69(60)76(3,4)71(62)46-55)53-40-43-64-67(44-53)58-27-13-14-30-63(58)73-66(49-20-7-5-8-21-49)47-65(72(74(64)73)52-23-9-6-10-24-52)51-36-34-50(35-37-51)57-31-19-25-48-22-11-12-26-56(48)57;1-65(2,3)49-32-36-51(37-33-49)67(52-38-34-50(35-39-52)66(4,5)6)53-40-41-58-61(42-53)56-25-15-16-26-57(56)63-60(45-18-9-7-10-19-45)43-59(62(64(58)63)48-21-11-8-12-22-48)47-30-28-46(29-31-47)55-27-17-23-44-20-13-14-24-54(44)55/h5-47H,1-4H3;7-43H,1-6H3. The van der Waals surface area contributed by atoms with E-state index in [9.17, 15) is 0 Å². The van der Waals surface area contributed by atoms with Crippen molar-refractivity contribution < 1.29 is 0 Å². The zero-order valence-corrected chi connectivity index (χ0v) is 83.1. The topological polar surface area (TPSA) is 6.48 Å². The second kappa shape index (κ2) is 35.0. The minimum Gasteiger partial charge on any atom is -0.310 e. The Balaban J connectivity index is 0.000000152. The molecule has 0 saturated heterocycles. The summed E-state index contributed by atoms with van der Waals surface area (Å²) in [4.78, 5) is 4.96. The van der Waals surface area contributed by atoms with E-state index in [1.807, 2.05) is 0 Å². The summed E-state index contributed by atoms with van der Waals surface area (Å²) in [6.45, 7) is 23.2. The van der Waals surface area contributed by atoms with E-state index in [2.05, 4.69) is 564 Å². The van der Waals surface area contributed by atoms with E-state index in [0.717, 1.165) is 34.1 Å². The summed E-state index contributed by atoms with van der Waals surface area (Å²) in [5.74, 6) is 0. The lowest BCUT2D eigenvalue weighted by Crippen LogP contribution is -2.18. The van der Waals surface area contributed by atoms with E-state index < -0.39 is 0 Å². The second-order valence-corrected chi connectivity index (χ2v) is 42.5. The summed E-state index contributed by atoms with van der Waals surface area (Å²) in [5, 5.41) is 19.9. The highest BCUT2D eigenvalue weighted by atomic mass is 15.1. The van der Waals surface area contributed by atoms with Crippen LogP contribution < -0.4 is 9.80 Å². The number of hydrogen-bond acceptors (Lipinski definition) is 2. The zero-order valence-electron chi connectivity index (χ0n) is 83.1. The fourth-order valence-electron chi connectivity index (χ4n) is 23.9. The van der Waals surface area contributed by atoms with Gasteiger partial charge in [0.1, 0.15) is 0 Å². The third-order valence-corrected chi connectivity index (χ3v) is 31.2. The molecule has 26 rings (SSSR count). The highest BCUT2D eigenvalue weighted by Crippen LogP contribution is 2.58. The quantitative estimate of drug-likeness (QED) is 0.100. The first-order valence-corrected chi connectivity index (χ1v) is 50.8. The average molecular weight is 1840 g/mol. The summed E-state index contributed by atoms with van der Waals surface area (Å²) in [6, 6.07) is 182. The van der Waals surface area contributed by atoms with Crippen molar-refractivity contribution in [1.29, 1.82) is 0 Å². The molecule has 0 aliphatic heterocycles. The highest BCUT2D eigenvalue weighted by Gasteiger charge is 2.39. The van der Waals surface area contributed by atoms with Crippen LogP contribution in [0, 0.1) is 0 Å². The molecular weight excluding hydrogens is 1730 g/mol. The van der Waals surface area contributed by atoms with Gasteiger partial charge in [-0.15, -0.1) is 0 Å².